The fourth-order valence-electron chi connectivity index (χ4n) is 0.721. The maximum absolute atomic E-state index is 12.4. The Morgan fingerprint density at radius 2 is 1.92 bits per heavy atom. The highest BCUT2D eigenvalue weighted by atomic mass is 32.2. The third-order valence-electron chi connectivity index (χ3n) is 1.23. The summed E-state index contributed by atoms with van der Waals surface area (Å²) in [5, 5.41) is 7.96. The van der Waals surface area contributed by atoms with E-state index in [1.165, 1.54) is 6.92 Å². The molecule has 0 aliphatic rings. The molecule has 78 valence electrons. The number of alkyl halides is 2. The molecule has 0 unspecified atom stereocenters. The first kappa shape index (κ1) is 12.3. The molecule has 0 aliphatic heterocycles. The summed E-state index contributed by atoms with van der Waals surface area (Å²) in [6, 6.07) is 0. The number of carboxylic acids is 1. The summed E-state index contributed by atoms with van der Waals surface area (Å²) in [5.41, 5.74) is 0. The largest absolute Gasteiger partial charge is 0.477 e. The molecule has 0 saturated carbocycles. The summed E-state index contributed by atoms with van der Waals surface area (Å²) in [4.78, 5) is 9.89. The minimum atomic E-state index is -4.19. The average molecular weight is 216 g/mol. The summed E-state index contributed by atoms with van der Waals surface area (Å²) < 4.78 is 46.4. The minimum Gasteiger partial charge on any atom is -0.477 e. The molecule has 0 spiro atoms. The van der Waals surface area contributed by atoms with E-state index >= 15 is 0 Å². The van der Waals surface area contributed by atoms with Gasteiger partial charge in [0.1, 0.15) is 5.75 Å². The lowest BCUT2D eigenvalue weighted by atomic mass is 10.4. The Morgan fingerprint density at radius 3 is 2.23 bits per heavy atom. The first-order valence-electron chi connectivity index (χ1n) is 3.53. The van der Waals surface area contributed by atoms with E-state index in [-0.39, 0.29) is 6.42 Å². The van der Waals surface area contributed by atoms with Gasteiger partial charge in [0.15, 0.2) is 9.84 Å². The Balaban J connectivity index is 4.53. The van der Waals surface area contributed by atoms with E-state index in [0.717, 1.165) is 0 Å². The van der Waals surface area contributed by atoms with Crippen LogP contribution in [-0.2, 0) is 14.6 Å². The zero-order chi connectivity index (χ0) is 10.7. The second-order valence-corrected chi connectivity index (χ2v) is 4.79. The van der Waals surface area contributed by atoms with Gasteiger partial charge in [-0.25, -0.2) is 13.2 Å². The van der Waals surface area contributed by atoms with Gasteiger partial charge in [-0.1, -0.05) is 6.92 Å². The first-order chi connectivity index (χ1) is 5.71. The van der Waals surface area contributed by atoms with E-state index in [2.05, 4.69) is 0 Å². The SMILES string of the molecule is CCCS(=O)(=O)CC(F)(F)C(=O)O. The second-order valence-electron chi connectivity index (χ2n) is 2.60. The van der Waals surface area contributed by atoms with Crippen LogP contribution in [0.4, 0.5) is 8.78 Å². The Bertz CT molecular complexity index is 283. The Labute approximate surface area is 74.5 Å². The van der Waals surface area contributed by atoms with Gasteiger partial charge in [-0.15, -0.1) is 0 Å². The van der Waals surface area contributed by atoms with E-state index in [4.69, 9.17) is 5.11 Å². The molecule has 0 rings (SSSR count). The maximum Gasteiger partial charge on any atom is 0.375 e. The van der Waals surface area contributed by atoms with Gasteiger partial charge in [-0.05, 0) is 6.42 Å². The van der Waals surface area contributed by atoms with E-state index in [0.29, 0.717) is 0 Å². The molecule has 1 N–H and O–H groups in total. The molecule has 0 fully saturated rings. The third-order valence-corrected chi connectivity index (χ3v) is 3.06. The molecule has 4 nitrogen and oxygen atoms in total. The molecule has 0 aliphatic carbocycles. The molecule has 13 heavy (non-hydrogen) atoms. The van der Waals surface area contributed by atoms with Crippen molar-refractivity contribution < 1.29 is 27.1 Å². The molecule has 0 aromatic carbocycles. The number of carbonyl (C=O) groups is 1. The van der Waals surface area contributed by atoms with E-state index in [1.807, 2.05) is 0 Å². The van der Waals surface area contributed by atoms with Crippen molar-refractivity contribution in [2.45, 2.75) is 19.3 Å². The molecule has 0 heterocycles. The smallest absolute Gasteiger partial charge is 0.375 e. The Morgan fingerprint density at radius 1 is 1.46 bits per heavy atom. The predicted molar refractivity (Wildman–Crippen MR) is 41.5 cm³/mol. The normalized spacial score (nSPS) is 12.8. The number of hydrogen-bond donors (Lipinski definition) is 1. The highest BCUT2D eigenvalue weighted by molar-refractivity contribution is 7.91. The molecule has 0 atom stereocenters. The van der Waals surface area contributed by atoms with Crippen LogP contribution < -0.4 is 0 Å². The van der Waals surface area contributed by atoms with Crippen LogP contribution in [0.3, 0.4) is 0 Å². The van der Waals surface area contributed by atoms with Crippen molar-refractivity contribution in [2.24, 2.45) is 0 Å². The van der Waals surface area contributed by atoms with Gasteiger partial charge >= 0.3 is 11.9 Å². The second kappa shape index (κ2) is 3.99. The zero-order valence-electron chi connectivity index (χ0n) is 6.96. The van der Waals surface area contributed by atoms with Crippen LogP contribution in [-0.4, -0.2) is 36.9 Å². The third kappa shape index (κ3) is 4.16. The molecular weight excluding hydrogens is 206 g/mol. The molecule has 0 radical (unpaired) electrons. The monoisotopic (exact) mass is 216 g/mol. The van der Waals surface area contributed by atoms with Gasteiger partial charge in [0.25, 0.3) is 0 Å². The maximum atomic E-state index is 12.4. The topological polar surface area (TPSA) is 71.4 Å². The summed E-state index contributed by atoms with van der Waals surface area (Å²) >= 11 is 0. The lowest BCUT2D eigenvalue weighted by molar-refractivity contribution is -0.161. The average Bonchev–Trinajstić information content (AvgIpc) is 1.83. The van der Waals surface area contributed by atoms with Crippen LogP contribution in [0.1, 0.15) is 13.3 Å². The van der Waals surface area contributed by atoms with Gasteiger partial charge in [0.2, 0.25) is 0 Å². The molecule has 0 bridgehead atoms. The fourth-order valence-corrected chi connectivity index (χ4v) is 2.16. The molecule has 0 amide bonds. The van der Waals surface area contributed by atoms with Crippen LogP contribution in [0.25, 0.3) is 0 Å². The predicted octanol–water partition coefficient (Wildman–Crippen LogP) is 0.531. The van der Waals surface area contributed by atoms with Crippen molar-refractivity contribution in [2.75, 3.05) is 11.5 Å². The number of sulfone groups is 1. The number of rotatable bonds is 5. The number of hydrogen-bond acceptors (Lipinski definition) is 3. The summed E-state index contributed by atoms with van der Waals surface area (Å²) in [7, 11) is -3.97. The van der Waals surface area contributed by atoms with Crippen LogP contribution in [0.2, 0.25) is 0 Å². The summed E-state index contributed by atoms with van der Waals surface area (Å²) in [5.74, 6) is -8.64. The van der Waals surface area contributed by atoms with Crippen molar-refractivity contribution >= 4 is 15.8 Å². The highest BCUT2D eigenvalue weighted by Crippen LogP contribution is 2.17. The van der Waals surface area contributed by atoms with Gasteiger partial charge in [0.05, 0.1) is 5.75 Å². The first-order valence-corrected chi connectivity index (χ1v) is 5.35. The van der Waals surface area contributed by atoms with Crippen molar-refractivity contribution in [3.05, 3.63) is 0 Å². The molecule has 7 heteroatoms. The zero-order valence-corrected chi connectivity index (χ0v) is 7.77. The van der Waals surface area contributed by atoms with Crippen LogP contribution >= 0.6 is 0 Å². The van der Waals surface area contributed by atoms with Crippen LogP contribution in [0.15, 0.2) is 0 Å². The lowest BCUT2D eigenvalue weighted by Gasteiger charge is -2.10. The lowest BCUT2D eigenvalue weighted by Crippen LogP contribution is -2.37. The number of carboxylic acid groups (broad SMARTS) is 1. The van der Waals surface area contributed by atoms with Gasteiger partial charge in [0, 0.05) is 0 Å². The molecule has 0 aromatic rings. The van der Waals surface area contributed by atoms with Crippen LogP contribution in [0, 0.1) is 0 Å². The quantitative estimate of drug-likeness (QED) is 0.727. The number of halogens is 2. The highest BCUT2D eigenvalue weighted by Gasteiger charge is 2.43. The minimum absolute atomic E-state index is 0.192. The summed E-state index contributed by atoms with van der Waals surface area (Å²) in [6.45, 7) is 1.51. The molecule has 0 aromatic heterocycles. The summed E-state index contributed by atoms with van der Waals surface area (Å²) in [6.07, 6.45) is 0.192. The standard InChI is InChI=1S/C6H10F2O4S/c1-2-3-13(11,12)4-6(7,8)5(9)10/h2-4H2,1H3,(H,9,10). The van der Waals surface area contributed by atoms with Crippen molar-refractivity contribution in [1.29, 1.82) is 0 Å². The molecular formula is C6H10F2O4S. The van der Waals surface area contributed by atoms with Gasteiger partial charge < -0.3 is 5.11 Å². The van der Waals surface area contributed by atoms with Crippen LogP contribution in [0.5, 0.6) is 0 Å². The van der Waals surface area contributed by atoms with Gasteiger partial charge in [-0.2, -0.15) is 8.78 Å². The Kier molecular flexibility index (Phi) is 3.77. The van der Waals surface area contributed by atoms with E-state index in [1.54, 1.807) is 0 Å². The van der Waals surface area contributed by atoms with Gasteiger partial charge in [-0.3, -0.25) is 0 Å². The van der Waals surface area contributed by atoms with E-state index in [9.17, 15) is 22.0 Å². The molecule has 0 saturated heterocycles. The van der Waals surface area contributed by atoms with Crippen molar-refractivity contribution in [3.63, 3.8) is 0 Å². The van der Waals surface area contributed by atoms with Crippen molar-refractivity contribution in [3.8, 4) is 0 Å². The number of aliphatic carboxylic acids is 1. The van der Waals surface area contributed by atoms with Crippen molar-refractivity contribution in [1.82, 2.24) is 0 Å². The fraction of sp³-hybridized carbons (Fsp3) is 0.833. The van der Waals surface area contributed by atoms with E-state index < -0.39 is 33.2 Å². The Hall–Kier alpha value is -0.720.